The molecule has 5 heteroatoms. The van der Waals surface area contributed by atoms with Crippen LogP contribution in [0.2, 0.25) is 0 Å². The Morgan fingerprint density at radius 3 is 2.83 bits per heavy atom. The Morgan fingerprint density at radius 1 is 1.33 bits per heavy atom. The highest BCUT2D eigenvalue weighted by molar-refractivity contribution is 5.76. The fourth-order valence-corrected chi connectivity index (χ4v) is 3.37. The standard InChI is InChI=1S/C19H24FN3O/c1-15-21-10-12-22(15)14-19(24)23-11-2-3-17(13-23)5-4-16-6-8-18(20)9-7-16/h6-10,12,17H,2-5,11,13-14H2,1H3/t17-/m0/s1. The number of aromatic nitrogens is 2. The zero-order valence-corrected chi connectivity index (χ0v) is 14.1. The third-order valence-corrected chi connectivity index (χ3v) is 4.86. The Labute approximate surface area is 142 Å². The molecule has 0 aliphatic carbocycles. The van der Waals surface area contributed by atoms with Gasteiger partial charge in [0, 0.05) is 25.5 Å². The molecule has 0 unspecified atom stereocenters. The van der Waals surface area contributed by atoms with Crippen molar-refractivity contribution in [1.82, 2.24) is 14.5 Å². The summed E-state index contributed by atoms with van der Waals surface area (Å²) in [5, 5.41) is 0. The zero-order chi connectivity index (χ0) is 16.9. The van der Waals surface area contributed by atoms with Gasteiger partial charge in [0.1, 0.15) is 18.2 Å². The smallest absolute Gasteiger partial charge is 0.242 e. The van der Waals surface area contributed by atoms with E-state index >= 15 is 0 Å². The van der Waals surface area contributed by atoms with Gasteiger partial charge >= 0.3 is 0 Å². The number of aryl methyl sites for hydroxylation is 2. The minimum Gasteiger partial charge on any atom is -0.341 e. The number of carbonyl (C=O) groups is 1. The highest BCUT2D eigenvalue weighted by atomic mass is 19.1. The maximum absolute atomic E-state index is 13.0. The van der Waals surface area contributed by atoms with Crippen molar-refractivity contribution < 1.29 is 9.18 Å². The van der Waals surface area contributed by atoms with E-state index in [-0.39, 0.29) is 11.7 Å². The molecule has 1 aromatic heterocycles. The molecule has 1 aliphatic rings. The van der Waals surface area contributed by atoms with Crippen molar-refractivity contribution >= 4 is 5.91 Å². The highest BCUT2D eigenvalue weighted by Crippen LogP contribution is 2.22. The summed E-state index contributed by atoms with van der Waals surface area (Å²) in [5.74, 6) is 1.37. The van der Waals surface area contributed by atoms with Crippen molar-refractivity contribution in [3.05, 3.63) is 53.9 Å². The molecule has 128 valence electrons. The lowest BCUT2D eigenvalue weighted by Crippen LogP contribution is -2.41. The number of amides is 1. The molecule has 2 heterocycles. The van der Waals surface area contributed by atoms with E-state index < -0.39 is 0 Å². The third kappa shape index (κ3) is 4.22. The van der Waals surface area contributed by atoms with Crippen molar-refractivity contribution in [3.8, 4) is 0 Å². The second-order valence-corrected chi connectivity index (χ2v) is 6.62. The molecule has 1 aromatic carbocycles. The van der Waals surface area contributed by atoms with Gasteiger partial charge in [-0.25, -0.2) is 9.37 Å². The average Bonchev–Trinajstić information content (AvgIpc) is 2.99. The summed E-state index contributed by atoms with van der Waals surface area (Å²) >= 11 is 0. The molecule has 0 saturated carbocycles. The van der Waals surface area contributed by atoms with Gasteiger partial charge in [-0.05, 0) is 56.2 Å². The molecular formula is C19H24FN3O. The van der Waals surface area contributed by atoms with Crippen molar-refractivity contribution in [1.29, 1.82) is 0 Å². The van der Waals surface area contributed by atoms with E-state index in [4.69, 9.17) is 0 Å². The fourth-order valence-electron chi connectivity index (χ4n) is 3.37. The number of halogens is 1. The quantitative estimate of drug-likeness (QED) is 0.845. The van der Waals surface area contributed by atoms with Crippen LogP contribution in [0.5, 0.6) is 0 Å². The first-order chi connectivity index (χ1) is 11.6. The summed E-state index contributed by atoms with van der Waals surface area (Å²) in [6.45, 7) is 3.96. The van der Waals surface area contributed by atoms with Crippen LogP contribution in [0.25, 0.3) is 0 Å². The molecule has 4 nitrogen and oxygen atoms in total. The molecule has 1 fully saturated rings. The summed E-state index contributed by atoms with van der Waals surface area (Å²) in [7, 11) is 0. The van der Waals surface area contributed by atoms with Crippen LogP contribution in [-0.2, 0) is 17.8 Å². The van der Waals surface area contributed by atoms with Crippen molar-refractivity contribution in [3.63, 3.8) is 0 Å². The van der Waals surface area contributed by atoms with Gasteiger partial charge in [-0.2, -0.15) is 0 Å². The van der Waals surface area contributed by atoms with Crippen LogP contribution >= 0.6 is 0 Å². The summed E-state index contributed by atoms with van der Waals surface area (Å²) in [5.41, 5.74) is 1.16. The first-order valence-corrected chi connectivity index (χ1v) is 8.62. The van der Waals surface area contributed by atoms with E-state index in [1.807, 2.05) is 34.7 Å². The number of hydrogen-bond acceptors (Lipinski definition) is 2. The molecule has 0 spiro atoms. The Morgan fingerprint density at radius 2 is 2.12 bits per heavy atom. The van der Waals surface area contributed by atoms with E-state index in [1.54, 1.807) is 6.20 Å². The first kappa shape index (κ1) is 16.7. The van der Waals surface area contributed by atoms with Gasteiger partial charge in [0.25, 0.3) is 0 Å². The summed E-state index contributed by atoms with van der Waals surface area (Å²) in [4.78, 5) is 18.7. The third-order valence-electron chi connectivity index (χ3n) is 4.86. The van der Waals surface area contributed by atoms with E-state index in [2.05, 4.69) is 4.98 Å². The Balaban J connectivity index is 1.51. The van der Waals surface area contributed by atoms with Gasteiger partial charge in [-0.15, -0.1) is 0 Å². The van der Waals surface area contributed by atoms with Crippen molar-refractivity contribution in [2.24, 2.45) is 5.92 Å². The summed E-state index contributed by atoms with van der Waals surface area (Å²) in [6, 6.07) is 6.73. The molecule has 0 bridgehead atoms. The van der Waals surface area contributed by atoms with Crippen LogP contribution in [-0.4, -0.2) is 33.4 Å². The van der Waals surface area contributed by atoms with Gasteiger partial charge in [0.05, 0.1) is 0 Å². The monoisotopic (exact) mass is 329 g/mol. The van der Waals surface area contributed by atoms with Crippen LogP contribution in [0.3, 0.4) is 0 Å². The van der Waals surface area contributed by atoms with Crippen LogP contribution in [0.4, 0.5) is 4.39 Å². The molecule has 1 aliphatic heterocycles. The molecular weight excluding hydrogens is 305 g/mol. The Bertz CT molecular complexity index is 680. The molecule has 1 saturated heterocycles. The second kappa shape index (κ2) is 7.60. The lowest BCUT2D eigenvalue weighted by molar-refractivity contribution is -0.133. The second-order valence-electron chi connectivity index (χ2n) is 6.62. The SMILES string of the molecule is Cc1nccn1CC(=O)N1CCC[C@@H](CCc2ccc(F)cc2)C1. The molecule has 1 atom stereocenters. The van der Waals surface area contributed by atoms with Crippen LogP contribution in [0.15, 0.2) is 36.7 Å². The Hall–Kier alpha value is -2.17. The minimum absolute atomic E-state index is 0.169. The summed E-state index contributed by atoms with van der Waals surface area (Å²) in [6.07, 6.45) is 7.78. The topological polar surface area (TPSA) is 38.1 Å². The minimum atomic E-state index is -0.192. The van der Waals surface area contributed by atoms with Crippen molar-refractivity contribution in [2.75, 3.05) is 13.1 Å². The zero-order valence-electron chi connectivity index (χ0n) is 14.1. The van der Waals surface area contributed by atoms with Crippen molar-refractivity contribution in [2.45, 2.75) is 39.2 Å². The molecule has 3 rings (SSSR count). The highest BCUT2D eigenvalue weighted by Gasteiger charge is 2.23. The maximum atomic E-state index is 13.0. The van der Waals surface area contributed by atoms with Gasteiger partial charge in [0.15, 0.2) is 0 Å². The molecule has 1 amide bonds. The van der Waals surface area contributed by atoms with Gasteiger partial charge in [-0.3, -0.25) is 4.79 Å². The maximum Gasteiger partial charge on any atom is 0.242 e. The lowest BCUT2D eigenvalue weighted by atomic mass is 9.91. The largest absolute Gasteiger partial charge is 0.341 e. The van der Waals surface area contributed by atoms with Gasteiger partial charge in [-0.1, -0.05) is 12.1 Å². The first-order valence-electron chi connectivity index (χ1n) is 8.62. The predicted octanol–water partition coefficient (Wildman–Crippen LogP) is 3.20. The van der Waals surface area contributed by atoms with Crippen LogP contribution in [0.1, 0.15) is 30.7 Å². The van der Waals surface area contributed by atoms with Gasteiger partial charge < -0.3 is 9.47 Å². The number of piperidine rings is 1. The number of nitrogens with zero attached hydrogens (tertiary/aromatic N) is 3. The molecule has 2 aromatic rings. The number of rotatable bonds is 5. The average molecular weight is 329 g/mol. The molecule has 0 N–H and O–H groups in total. The van der Waals surface area contributed by atoms with Crippen LogP contribution in [0, 0.1) is 18.7 Å². The summed E-state index contributed by atoms with van der Waals surface area (Å²) < 4.78 is 14.8. The normalized spacial score (nSPS) is 17.9. The lowest BCUT2D eigenvalue weighted by Gasteiger charge is -2.33. The number of hydrogen-bond donors (Lipinski definition) is 0. The number of benzene rings is 1. The van der Waals surface area contributed by atoms with E-state index in [0.29, 0.717) is 12.5 Å². The van der Waals surface area contributed by atoms with E-state index in [9.17, 15) is 9.18 Å². The molecule has 24 heavy (non-hydrogen) atoms. The number of imidazole rings is 1. The fraction of sp³-hybridized carbons (Fsp3) is 0.474. The number of likely N-dealkylation sites (tertiary alicyclic amines) is 1. The Kier molecular flexibility index (Phi) is 5.28. The van der Waals surface area contributed by atoms with Gasteiger partial charge in [0.2, 0.25) is 5.91 Å². The predicted molar refractivity (Wildman–Crippen MR) is 91.0 cm³/mol. The molecule has 0 radical (unpaired) electrons. The van der Waals surface area contributed by atoms with Crippen LogP contribution < -0.4 is 0 Å². The number of carbonyl (C=O) groups excluding carboxylic acids is 1. The van der Waals surface area contributed by atoms with E-state index in [1.165, 1.54) is 12.1 Å². The van der Waals surface area contributed by atoms with E-state index in [0.717, 1.165) is 50.2 Å².